The summed E-state index contributed by atoms with van der Waals surface area (Å²) >= 11 is 0. The number of carbonyl (C=O) groups is 1. The van der Waals surface area contributed by atoms with Crippen LogP contribution in [0.4, 0.5) is 11.8 Å². The van der Waals surface area contributed by atoms with Crippen molar-refractivity contribution in [3.8, 4) is 0 Å². The highest BCUT2D eigenvalue weighted by atomic mass is 16.5. The minimum atomic E-state index is -0.134. The molecule has 0 spiro atoms. The van der Waals surface area contributed by atoms with Gasteiger partial charge in [0.2, 0.25) is 11.7 Å². The fourth-order valence-corrected chi connectivity index (χ4v) is 3.41. The number of ketones is 1. The van der Waals surface area contributed by atoms with Gasteiger partial charge in [0.25, 0.3) is 0 Å². The van der Waals surface area contributed by atoms with Crippen LogP contribution in [0.15, 0.2) is 60.4 Å². The molecule has 0 bridgehead atoms. The van der Waals surface area contributed by atoms with E-state index in [1.165, 1.54) is 0 Å². The molecular formula is C22H21N9O2. The van der Waals surface area contributed by atoms with Crippen LogP contribution in [0.1, 0.15) is 16.1 Å². The summed E-state index contributed by atoms with van der Waals surface area (Å²) in [5, 5.41) is 4.29. The summed E-state index contributed by atoms with van der Waals surface area (Å²) < 4.78 is 7.15. The Balaban J connectivity index is 1.48. The van der Waals surface area contributed by atoms with E-state index in [-0.39, 0.29) is 12.3 Å². The number of pyridine rings is 2. The number of fused-ring (bicyclic) bond motifs is 1. The summed E-state index contributed by atoms with van der Waals surface area (Å²) in [5.74, 6) is 0.841. The summed E-state index contributed by atoms with van der Waals surface area (Å²) in [4.78, 5) is 36.8. The lowest BCUT2D eigenvalue weighted by Crippen LogP contribution is -2.37. The van der Waals surface area contributed by atoms with Crippen LogP contribution in [0.2, 0.25) is 0 Å². The van der Waals surface area contributed by atoms with Gasteiger partial charge in [-0.1, -0.05) is 12.1 Å². The van der Waals surface area contributed by atoms with Crippen molar-refractivity contribution in [1.29, 1.82) is 0 Å². The smallest absolute Gasteiger partial charge is 0.229 e. The number of anilines is 2. The second kappa shape index (κ2) is 9.49. The van der Waals surface area contributed by atoms with Gasteiger partial charge in [-0.3, -0.25) is 20.2 Å². The molecule has 11 heteroatoms. The fourth-order valence-electron chi connectivity index (χ4n) is 3.41. The van der Waals surface area contributed by atoms with Crippen molar-refractivity contribution in [2.24, 2.45) is 5.10 Å². The van der Waals surface area contributed by atoms with Crippen molar-refractivity contribution < 1.29 is 9.53 Å². The van der Waals surface area contributed by atoms with E-state index < -0.39 is 0 Å². The highest BCUT2D eigenvalue weighted by Gasteiger charge is 2.20. The van der Waals surface area contributed by atoms with Crippen LogP contribution >= 0.6 is 0 Å². The van der Waals surface area contributed by atoms with Gasteiger partial charge in [-0.05, 0) is 18.2 Å². The number of hydrogen-bond donors (Lipinski definition) is 1. The summed E-state index contributed by atoms with van der Waals surface area (Å²) in [6.07, 6.45) is 8.24. The second-order valence-electron chi connectivity index (χ2n) is 7.31. The molecule has 0 saturated carbocycles. The number of nitrogens with one attached hydrogen (secondary N) is 1. The number of nitrogens with zero attached hydrogens (tertiary/aromatic N) is 8. The maximum Gasteiger partial charge on any atom is 0.229 e. The number of morpholine rings is 1. The summed E-state index contributed by atoms with van der Waals surface area (Å²) in [6.45, 7) is 2.60. The number of aromatic nitrogens is 6. The van der Waals surface area contributed by atoms with Crippen molar-refractivity contribution >= 4 is 34.9 Å². The molecule has 1 aliphatic heterocycles. The molecule has 0 amide bonds. The third-order valence-corrected chi connectivity index (χ3v) is 5.08. The van der Waals surface area contributed by atoms with Gasteiger partial charge >= 0.3 is 0 Å². The molecule has 33 heavy (non-hydrogen) atoms. The number of Topliss-reactive ketones (excluding diaryl/α,β-unsaturated/α-hetero) is 1. The monoisotopic (exact) mass is 443 g/mol. The normalized spacial score (nSPS) is 14.1. The van der Waals surface area contributed by atoms with Crippen LogP contribution in [-0.2, 0) is 11.3 Å². The second-order valence-corrected chi connectivity index (χ2v) is 7.31. The van der Waals surface area contributed by atoms with Gasteiger partial charge in [0.1, 0.15) is 5.69 Å². The first kappa shape index (κ1) is 20.6. The summed E-state index contributed by atoms with van der Waals surface area (Å²) in [6, 6.07) is 8.98. The van der Waals surface area contributed by atoms with Crippen LogP contribution in [0, 0.1) is 0 Å². The van der Waals surface area contributed by atoms with E-state index in [1.807, 2.05) is 17.0 Å². The van der Waals surface area contributed by atoms with Gasteiger partial charge in [-0.25, -0.2) is 4.98 Å². The minimum Gasteiger partial charge on any atom is -0.378 e. The standard InChI is InChI=1S/C22H21N9O2/c32-18(17-5-1-2-7-24-17)14-31-15-25-19-20(29-26-13-16-4-3-6-23-12-16)27-22(28-21(19)31)30-8-10-33-11-9-30/h1-7,12-13,15H,8-11,14H2,(H,27,28,29). The number of ether oxygens (including phenoxy) is 1. The van der Waals surface area contributed by atoms with Crippen molar-refractivity contribution in [1.82, 2.24) is 29.5 Å². The average molecular weight is 443 g/mol. The molecule has 1 fully saturated rings. The molecule has 5 rings (SSSR count). The Kier molecular flexibility index (Phi) is 5.93. The van der Waals surface area contributed by atoms with Crippen LogP contribution in [0.5, 0.6) is 0 Å². The van der Waals surface area contributed by atoms with Crippen LogP contribution in [-0.4, -0.2) is 67.8 Å². The van der Waals surface area contributed by atoms with E-state index in [0.29, 0.717) is 54.9 Å². The van der Waals surface area contributed by atoms with Crippen molar-refractivity contribution in [3.63, 3.8) is 0 Å². The molecule has 1 saturated heterocycles. The highest BCUT2D eigenvalue weighted by molar-refractivity contribution is 5.95. The van der Waals surface area contributed by atoms with Gasteiger partial charge < -0.3 is 14.2 Å². The lowest BCUT2D eigenvalue weighted by Gasteiger charge is -2.27. The predicted octanol–water partition coefficient (Wildman–Crippen LogP) is 1.78. The van der Waals surface area contributed by atoms with Crippen LogP contribution in [0.3, 0.4) is 0 Å². The molecule has 0 aliphatic carbocycles. The van der Waals surface area contributed by atoms with E-state index in [0.717, 1.165) is 5.56 Å². The maximum atomic E-state index is 12.7. The molecule has 4 aromatic rings. The molecule has 1 aliphatic rings. The first-order valence-electron chi connectivity index (χ1n) is 10.5. The average Bonchev–Trinajstić information content (AvgIpc) is 3.28. The molecule has 0 aromatic carbocycles. The number of rotatable bonds is 7. The largest absolute Gasteiger partial charge is 0.378 e. The Morgan fingerprint density at radius 1 is 1.12 bits per heavy atom. The quantitative estimate of drug-likeness (QED) is 0.259. The third-order valence-electron chi connectivity index (χ3n) is 5.08. The zero-order valence-electron chi connectivity index (χ0n) is 17.7. The molecule has 11 nitrogen and oxygen atoms in total. The summed E-state index contributed by atoms with van der Waals surface area (Å²) in [5.41, 5.74) is 5.26. The van der Waals surface area contributed by atoms with E-state index in [4.69, 9.17) is 9.72 Å². The van der Waals surface area contributed by atoms with Crippen molar-refractivity contribution in [2.75, 3.05) is 36.6 Å². The highest BCUT2D eigenvalue weighted by Crippen LogP contribution is 2.23. The van der Waals surface area contributed by atoms with Gasteiger partial charge in [-0.2, -0.15) is 15.1 Å². The number of hydrogen-bond acceptors (Lipinski definition) is 10. The fraction of sp³-hybridized carbons (Fsp3) is 0.227. The molecule has 4 aromatic heterocycles. The zero-order chi connectivity index (χ0) is 22.5. The molecule has 0 radical (unpaired) electrons. The third kappa shape index (κ3) is 4.67. The lowest BCUT2D eigenvalue weighted by atomic mass is 10.2. The van der Waals surface area contributed by atoms with Gasteiger partial charge in [0.05, 0.1) is 32.3 Å². The van der Waals surface area contributed by atoms with Gasteiger partial charge in [0.15, 0.2) is 17.0 Å². The van der Waals surface area contributed by atoms with Gasteiger partial charge in [0, 0.05) is 37.2 Å². The molecule has 166 valence electrons. The van der Waals surface area contributed by atoms with E-state index in [1.54, 1.807) is 53.9 Å². The van der Waals surface area contributed by atoms with E-state index in [9.17, 15) is 4.79 Å². The number of hydrazone groups is 1. The Bertz CT molecular complexity index is 1270. The first-order valence-corrected chi connectivity index (χ1v) is 10.5. The maximum absolute atomic E-state index is 12.7. The molecular weight excluding hydrogens is 422 g/mol. The Morgan fingerprint density at radius 2 is 2.03 bits per heavy atom. The number of carbonyl (C=O) groups excluding carboxylic acids is 1. The lowest BCUT2D eigenvalue weighted by molar-refractivity contribution is 0.0968. The zero-order valence-corrected chi connectivity index (χ0v) is 17.7. The first-order chi connectivity index (χ1) is 16.3. The molecule has 5 heterocycles. The molecule has 0 atom stereocenters. The molecule has 1 N–H and O–H groups in total. The SMILES string of the molecule is O=C(Cn1cnc2c(NN=Cc3cccnc3)nc(N3CCOCC3)nc21)c1ccccn1. The van der Waals surface area contributed by atoms with E-state index >= 15 is 0 Å². The Hall–Kier alpha value is -4.25. The van der Waals surface area contributed by atoms with Crippen molar-refractivity contribution in [3.05, 3.63) is 66.5 Å². The number of imidazole rings is 1. The minimum absolute atomic E-state index is 0.0610. The Morgan fingerprint density at radius 3 is 2.82 bits per heavy atom. The predicted molar refractivity (Wildman–Crippen MR) is 122 cm³/mol. The van der Waals surface area contributed by atoms with Gasteiger partial charge in [-0.15, -0.1) is 0 Å². The van der Waals surface area contributed by atoms with E-state index in [2.05, 4.69) is 30.5 Å². The van der Waals surface area contributed by atoms with Crippen LogP contribution in [0.25, 0.3) is 11.2 Å². The molecule has 0 unspecified atom stereocenters. The topological polar surface area (TPSA) is 123 Å². The Labute approximate surface area is 189 Å². The van der Waals surface area contributed by atoms with Crippen molar-refractivity contribution in [2.45, 2.75) is 6.54 Å². The van der Waals surface area contributed by atoms with Crippen LogP contribution < -0.4 is 10.3 Å². The summed E-state index contributed by atoms with van der Waals surface area (Å²) in [7, 11) is 0.